The number of aromatic nitrogens is 3. The first kappa shape index (κ1) is 27.1. The Labute approximate surface area is 234 Å². The van der Waals surface area contributed by atoms with Crippen LogP contribution in [-0.4, -0.2) is 56.8 Å². The van der Waals surface area contributed by atoms with Crippen LogP contribution in [0.15, 0.2) is 79.0 Å². The van der Waals surface area contributed by atoms with E-state index in [-0.39, 0.29) is 23.9 Å². The summed E-state index contributed by atoms with van der Waals surface area (Å²) in [6.07, 6.45) is 3.70. The third-order valence-electron chi connectivity index (χ3n) is 7.52. The topological polar surface area (TPSA) is 94.1 Å². The number of hydrogen-bond acceptors (Lipinski definition) is 5. The second kappa shape index (κ2) is 12.1. The molecule has 0 bridgehead atoms. The smallest absolute Gasteiger partial charge is 0.253 e. The Morgan fingerprint density at radius 2 is 1.85 bits per heavy atom. The fraction of sp³-hybridized carbons (Fsp3) is 0.323. The number of aliphatic hydroxyl groups is 1. The molecule has 4 aromatic rings. The van der Waals surface area contributed by atoms with Crippen LogP contribution in [0.5, 0.6) is 0 Å². The molecule has 0 saturated carbocycles. The summed E-state index contributed by atoms with van der Waals surface area (Å²) < 4.78 is 0. The van der Waals surface area contributed by atoms with Crippen molar-refractivity contribution < 1.29 is 9.90 Å². The molecular formula is C31H34ClN5O2. The Balaban J connectivity index is 1.19. The second-order valence-corrected chi connectivity index (χ2v) is 10.8. The van der Waals surface area contributed by atoms with Gasteiger partial charge in [-0.1, -0.05) is 60.1 Å². The Kier molecular flexibility index (Phi) is 8.41. The first-order valence-electron chi connectivity index (χ1n) is 13.3. The van der Waals surface area contributed by atoms with E-state index >= 15 is 0 Å². The number of carbonyl (C=O) groups excluding carboxylic acids is 1. The van der Waals surface area contributed by atoms with E-state index in [2.05, 4.69) is 32.6 Å². The number of rotatable bonds is 9. The monoisotopic (exact) mass is 543 g/mol. The summed E-state index contributed by atoms with van der Waals surface area (Å²) >= 11 is 5.88. The molecule has 7 nitrogen and oxygen atoms in total. The standard InChI is InChI=1S/C31H34ClN5O2/c1-20-16-28(36-35-20)26(22-6-4-3-5-7-22)19-37(2)31(39)23-10-8-21(9-11-23)17-25-13-14-27(34-25)30(38)24-12-15-29(32)33-18-24/h3-12,15-16,18,25-27,30,34,38H,13-14,17,19H2,1-2H3,(H,35,36)/t25-,26?,27+,30?/m0/s1. The lowest BCUT2D eigenvalue weighted by Gasteiger charge is -2.24. The van der Waals surface area contributed by atoms with Crippen LogP contribution in [0.4, 0.5) is 0 Å². The molecule has 2 aromatic carbocycles. The van der Waals surface area contributed by atoms with Crippen LogP contribution in [0.2, 0.25) is 5.15 Å². The molecule has 1 aliphatic heterocycles. The van der Waals surface area contributed by atoms with E-state index in [0.29, 0.717) is 17.3 Å². The average Bonchev–Trinajstić information content (AvgIpc) is 3.61. The number of hydrogen-bond donors (Lipinski definition) is 3. The minimum absolute atomic E-state index is 0.0199. The number of amides is 1. The highest BCUT2D eigenvalue weighted by atomic mass is 35.5. The van der Waals surface area contributed by atoms with Crippen molar-refractivity contribution in [2.45, 2.75) is 50.3 Å². The first-order valence-corrected chi connectivity index (χ1v) is 13.7. The predicted molar refractivity (Wildman–Crippen MR) is 153 cm³/mol. The van der Waals surface area contributed by atoms with Crippen LogP contribution in [0, 0.1) is 6.92 Å². The van der Waals surface area contributed by atoms with Gasteiger partial charge in [-0.3, -0.25) is 9.89 Å². The normalized spacial score (nSPS) is 18.6. The van der Waals surface area contributed by atoms with Crippen molar-refractivity contribution in [3.63, 3.8) is 0 Å². The maximum Gasteiger partial charge on any atom is 0.253 e. The summed E-state index contributed by atoms with van der Waals surface area (Å²) in [4.78, 5) is 19.2. The summed E-state index contributed by atoms with van der Waals surface area (Å²) in [7, 11) is 1.84. The minimum Gasteiger partial charge on any atom is -0.387 e. The fourth-order valence-electron chi connectivity index (χ4n) is 5.37. The summed E-state index contributed by atoms with van der Waals surface area (Å²) in [6.45, 7) is 2.50. The Hall–Kier alpha value is -3.52. The molecule has 1 amide bonds. The first-order chi connectivity index (χ1) is 18.9. The molecule has 0 spiro atoms. The van der Waals surface area contributed by atoms with Gasteiger partial charge in [-0.15, -0.1) is 0 Å². The molecule has 3 heterocycles. The molecule has 2 unspecified atom stereocenters. The van der Waals surface area contributed by atoms with Crippen LogP contribution >= 0.6 is 11.6 Å². The number of nitrogens with zero attached hydrogens (tertiary/aromatic N) is 3. The highest BCUT2D eigenvalue weighted by molar-refractivity contribution is 6.29. The number of carbonyl (C=O) groups is 1. The maximum atomic E-state index is 13.3. The van der Waals surface area contributed by atoms with Crippen molar-refractivity contribution in [2.75, 3.05) is 13.6 Å². The largest absolute Gasteiger partial charge is 0.387 e. The molecule has 2 aromatic heterocycles. The zero-order chi connectivity index (χ0) is 27.4. The fourth-order valence-corrected chi connectivity index (χ4v) is 5.48. The van der Waals surface area contributed by atoms with Gasteiger partial charge in [-0.25, -0.2) is 4.98 Å². The number of aromatic amines is 1. The molecular weight excluding hydrogens is 510 g/mol. The molecule has 1 aliphatic rings. The van der Waals surface area contributed by atoms with Crippen LogP contribution in [0.3, 0.4) is 0 Å². The lowest BCUT2D eigenvalue weighted by molar-refractivity contribution is 0.0790. The molecule has 1 fully saturated rings. The number of benzene rings is 2. The van der Waals surface area contributed by atoms with Crippen molar-refractivity contribution in [1.29, 1.82) is 0 Å². The number of halogens is 1. The number of pyridine rings is 1. The highest BCUT2D eigenvalue weighted by Gasteiger charge is 2.30. The van der Waals surface area contributed by atoms with Gasteiger partial charge in [0.25, 0.3) is 5.91 Å². The second-order valence-electron chi connectivity index (χ2n) is 10.4. The van der Waals surface area contributed by atoms with E-state index in [1.165, 1.54) is 0 Å². The molecule has 0 radical (unpaired) electrons. The lowest BCUT2D eigenvalue weighted by atomic mass is 9.94. The molecule has 4 atom stereocenters. The zero-order valence-electron chi connectivity index (χ0n) is 22.2. The van der Waals surface area contributed by atoms with Gasteiger partial charge in [0.05, 0.1) is 11.8 Å². The van der Waals surface area contributed by atoms with Gasteiger partial charge in [-0.05, 0) is 61.6 Å². The van der Waals surface area contributed by atoms with Crippen LogP contribution < -0.4 is 5.32 Å². The SMILES string of the molecule is Cc1cc(C(CN(C)C(=O)c2ccc(C[C@@H]3CC[C@H](C(O)c4ccc(Cl)nc4)N3)cc2)c2ccccc2)n[nH]1. The Morgan fingerprint density at radius 1 is 1.08 bits per heavy atom. The third kappa shape index (κ3) is 6.56. The van der Waals surface area contributed by atoms with Crippen molar-refractivity contribution in [2.24, 2.45) is 0 Å². The number of aliphatic hydroxyl groups excluding tert-OH is 1. The van der Waals surface area contributed by atoms with Crippen LogP contribution in [0.1, 0.15) is 63.3 Å². The van der Waals surface area contributed by atoms with Crippen molar-refractivity contribution in [1.82, 2.24) is 25.4 Å². The summed E-state index contributed by atoms with van der Waals surface area (Å²) in [6, 6.07) is 23.8. The minimum atomic E-state index is -0.625. The molecule has 1 saturated heterocycles. The average molecular weight is 544 g/mol. The van der Waals surface area contributed by atoms with E-state index in [9.17, 15) is 9.90 Å². The number of H-pyrrole nitrogens is 1. The van der Waals surface area contributed by atoms with E-state index in [4.69, 9.17) is 11.6 Å². The van der Waals surface area contributed by atoms with Gasteiger partial charge in [0.15, 0.2) is 0 Å². The van der Waals surface area contributed by atoms with Gasteiger partial charge in [0, 0.05) is 54.6 Å². The molecule has 0 aliphatic carbocycles. The van der Waals surface area contributed by atoms with Gasteiger partial charge >= 0.3 is 0 Å². The highest BCUT2D eigenvalue weighted by Crippen LogP contribution is 2.28. The number of likely N-dealkylation sites (N-methyl/N-ethyl adjacent to an activating group) is 1. The molecule has 202 valence electrons. The van der Waals surface area contributed by atoms with Gasteiger partial charge in [0.2, 0.25) is 0 Å². The summed E-state index contributed by atoms with van der Waals surface area (Å²) in [5.74, 6) is -0.0433. The van der Waals surface area contributed by atoms with Crippen molar-refractivity contribution in [3.8, 4) is 0 Å². The van der Waals surface area contributed by atoms with Gasteiger partial charge in [0.1, 0.15) is 5.15 Å². The van der Waals surface area contributed by atoms with E-state index in [0.717, 1.165) is 47.3 Å². The maximum absolute atomic E-state index is 13.3. The number of nitrogens with one attached hydrogen (secondary N) is 2. The lowest BCUT2D eigenvalue weighted by Crippen LogP contribution is -2.35. The van der Waals surface area contributed by atoms with E-state index in [1.807, 2.05) is 68.6 Å². The van der Waals surface area contributed by atoms with Crippen LogP contribution in [-0.2, 0) is 6.42 Å². The van der Waals surface area contributed by atoms with Gasteiger partial charge < -0.3 is 15.3 Å². The molecule has 8 heteroatoms. The van der Waals surface area contributed by atoms with Crippen molar-refractivity contribution >= 4 is 17.5 Å². The molecule has 39 heavy (non-hydrogen) atoms. The zero-order valence-corrected chi connectivity index (χ0v) is 23.0. The van der Waals surface area contributed by atoms with Crippen LogP contribution in [0.25, 0.3) is 0 Å². The summed E-state index contributed by atoms with van der Waals surface area (Å²) in [5.41, 5.74) is 5.63. The molecule has 5 rings (SSSR count). The van der Waals surface area contributed by atoms with E-state index in [1.54, 1.807) is 17.2 Å². The van der Waals surface area contributed by atoms with Crippen molar-refractivity contribution in [3.05, 3.63) is 118 Å². The molecule has 3 N–H and O–H groups in total. The number of aryl methyl sites for hydroxylation is 1. The van der Waals surface area contributed by atoms with E-state index < -0.39 is 6.10 Å². The third-order valence-corrected chi connectivity index (χ3v) is 7.74. The predicted octanol–water partition coefficient (Wildman–Crippen LogP) is 5.07. The quantitative estimate of drug-likeness (QED) is 0.256. The van der Waals surface area contributed by atoms with Gasteiger partial charge in [-0.2, -0.15) is 5.10 Å². The Morgan fingerprint density at radius 3 is 2.51 bits per heavy atom. The summed E-state index contributed by atoms with van der Waals surface area (Å²) in [5, 5.41) is 22.3. The Bertz CT molecular complexity index is 1370.